The smallest absolute Gasteiger partial charge is 0.135 e. The molecule has 0 amide bonds. The molecular formula is C11H13NO2. The Morgan fingerprint density at radius 2 is 2.07 bits per heavy atom. The highest BCUT2D eigenvalue weighted by atomic mass is 16.6. The van der Waals surface area contributed by atoms with Crippen LogP contribution in [0.1, 0.15) is 5.56 Å². The quantitative estimate of drug-likeness (QED) is 0.309. The largest absolute Gasteiger partial charge is 0.497 e. The number of rotatable bonds is 5. The van der Waals surface area contributed by atoms with Crippen LogP contribution in [0.25, 0.3) is 0 Å². The molecule has 1 rings (SSSR count). The van der Waals surface area contributed by atoms with Gasteiger partial charge in [-0.25, -0.2) is 0 Å². The molecule has 0 bridgehead atoms. The summed E-state index contributed by atoms with van der Waals surface area (Å²) in [6.07, 6.45) is 3.29. The van der Waals surface area contributed by atoms with Gasteiger partial charge in [-0.2, -0.15) is 0 Å². The van der Waals surface area contributed by atoms with Gasteiger partial charge in [0, 0.05) is 0 Å². The summed E-state index contributed by atoms with van der Waals surface area (Å²) in [4.78, 5) is 4.86. The summed E-state index contributed by atoms with van der Waals surface area (Å²) in [5.74, 6) is 0.828. The zero-order valence-electron chi connectivity index (χ0n) is 8.14. The van der Waals surface area contributed by atoms with Crippen LogP contribution in [0.2, 0.25) is 0 Å². The molecule has 0 unspecified atom stereocenters. The summed E-state index contributed by atoms with van der Waals surface area (Å²) in [6, 6.07) is 7.54. The van der Waals surface area contributed by atoms with Gasteiger partial charge in [-0.1, -0.05) is 17.8 Å². The molecule has 14 heavy (non-hydrogen) atoms. The highest BCUT2D eigenvalue weighted by Gasteiger charge is 1.90. The van der Waals surface area contributed by atoms with Gasteiger partial charge in [-0.3, -0.25) is 0 Å². The van der Waals surface area contributed by atoms with E-state index in [1.165, 1.54) is 0 Å². The maximum Gasteiger partial charge on any atom is 0.135 e. The van der Waals surface area contributed by atoms with Crippen molar-refractivity contribution in [3.63, 3.8) is 0 Å². The van der Waals surface area contributed by atoms with Gasteiger partial charge in [-0.05, 0) is 29.8 Å². The van der Waals surface area contributed by atoms with E-state index in [2.05, 4.69) is 11.7 Å². The van der Waals surface area contributed by atoms with Crippen molar-refractivity contribution in [2.45, 2.75) is 0 Å². The average Bonchev–Trinajstić information content (AvgIpc) is 2.25. The topological polar surface area (TPSA) is 30.8 Å². The van der Waals surface area contributed by atoms with Crippen LogP contribution in [0.15, 0.2) is 42.1 Å². The van der Waals surface area contributed by atoms with E-state index in [1.54, 1.807) is 19.4 Å². The SMILES string of the molecule is C=CCO/N=C/c1ccc(OC)cc1. The van der Waals surface area contributed by atoms with Crippen molar-refractivity contribution >= 4 is 6.21 Å². The lowest BCUT2D eigenvalue weighted by Crippen LogP contribution is -1.86. The molecule has 0 spiro atoms. The van der Waals surface area contributed by atoms with Crippen LogP contribution in [-0.2, 0) is 4.84 Å². The molecule has 0 aliphatic carbocycles. The van der Waals surface area contributed by atoms with Crippen LogP contribution in [0, 0.1) is 0 Å². The molecule has 0 aliphatic heterocycles. The number of methoxy groups -OCH3 is 1. The normalized spacial score (nSPS) is 10.1. The van der Waals surface area contributed by atoms with Crippen LogP contribution in [-0.4, -0.2) is 19.9 Å². The van der Waals surface area contributed by atoms with Crippen molar-refractivity contribution < 1.29 is 9.57 Å². The molecule has 1 aromatic rings. The molecule has 0 saturated carbocycles. The van der Waals surface area contributed by atoms with Gasteiger partial charge in [0.1, 0.15) is 12.4 Å². The Balaban J connectivity index is 2.50. The molecule has 3 nitrogen and oxygen atoms in total. The molecule has 1 aromatic carbocycles. The molecular weight excluding hydrogens is 178 g/mol. The molecule has 74 valence electrons. The predicted octanol–water partition coefficient (Wildman–Crippen LogP) is 2.23. The molecule has 0 aromatic heterocycles. The first-order chi connectivity index (χ1) is 6.86. The third-order valence-electron chi connectivity index (χ3n) is 1.58. The lowest BCUT2D eigenvalue weighted by atomic mass is 10.2. The van der Waals surface area contributed by atoms with Crippen molar-refractivity contribution in [2.24, 2.45) is 5.16 Å². The van der Waals surface area contributed by atoms with E-state index in [1.807, 2.05) is 24.3 Å². The highest BCUT2D eigenvalue weighted by molar-refractivity contribution is 5.79. The standard InChI is InChI=1S/C11H13NO2/c1-3-8-14-12-9-10-4-6-11(13-2)7-5-10/h3-7,9H,1,8H2,2H3/b12-9+. The van der Waals surface area contributed by atoms with E-state index in [9.17, 15) is 0 Å². The summed E-state index contributed by atoms with van der Waals surface area (Å²) in [5, 5.41) is 3.75. The molecule has 0 aliphatic rings. The van der Waals surface area contributed by atoms with Crippen LogP contribution in [0.3, 0.4) is 0 Å². The minimum absolute atomic E-state index is 0.423. The number of ether oxygens (including phenoxy) is 1. The lowest BCUT2D eigenvalue weighted by molar-refractivity contribution is 0.176. The van der Waals surface area contributed by atoms with Gasteiger partial charge in [0.15, 0.2) is 0 Å². The monoisotopic (exact) mass is 191 g/mol. The highest BCUT2D eigenvalue weighted by Crippen LogP contribution is 2.09. The van der Waals surface area contributed by atoms with Crippen molar-refractivity contribution in [2.75, 3.05) is 13.7 Å². The second-order valence-corrected chi connectivity index (χ2v) is 2.59. The fourth-order valence-electron chi connectivity index (χ4n) is 0.884. The Morgan fingerprint density at radius 3 is 2.64 bits per heavy atom. The van der Waals surface area contributed by atoms with Gasteiger partial charge in [0.2, 0.25) is 0 Å². The Morgan fingerprint density at radius 1 is 1.36 bits per heavy atom. The van der Waals surface area contributed by atoms with Crippen molar-refractivity contribution in [3.05, 3.63) is 42.5 Å². The fraction of sp³-hybridized carbons (Fsp3) is 0.182. The number of hydrogen-bond donors (Lipinski definition) is 0. The van der Waals surface area contributed by atoms with E-state index >= 15 is 0 Å². The first-order valence-corrected chi connectivity index (χ1v) is 4.27. The summed E-state index contributed by atoms with van der Waals surface area (Å²) in [5.41, 5.74) is 0.967. The van der Waals surface area contributed by atoms with E-state index in [0.717, 1.165) is 11.3 Å². The third-order valence-corrected chi connectivity index (χ3v) is 1.58. The molecule has 0 radical (unpaired) electrons. The second kappa shape index (κ2) is 5.80. The summed E-state index contributed by atoms with van der Waals surface area (Å²) >= 11 is 0. The number of benzene rings is 1. The van der Waals surface area contributed by atoms with Gasteiger partial charge < -0.3 is 9.57 Å². The van der Waals surface area contributed by atoms with E-state index < -0.39 is 0 Å². The Kier molecular flexibility index (Phi) is 4.27. The average molecular weight is 191 g/mol. The number of oxime groups is 1. The maximum atomic E-state index is 5.02. The Hall–Kier alpha value is -1.77. The Bertz CT molecular complexity index is 304. The molecule has 3 heteroatoms. The van der Waals surface area contributed by atoms with Crippen LogP contribution in [0.5, 0.6) is 5.75 Å². The molecule has 0 atom stereocenters. The van der Waals surface area contributed by atoms with Crippen molar-refractivity contribution in [1.82, 2.24) is 0 Å². The maximum absolute atomic E-state index is 5.02. The number of hydrogen-bond acceptors (Lipinski definition) is 3. The Labute approximate surface area is 83.6 Å². The van der Waals surface area contributed by atoms with Crippen LogP contribution >= 0.6 is 0 Å². The lowest BCUT2D eigenvalue weighted by Gasteiger charge is -1.98. The summed E-state index contributed by atoms with van der Waals surface area (Å²) in [6.45, 7) is 3.94. The molecule has 0 N–H and O–H groups in total. The van der Waals surface area contributed by atoms with Crippen molar-refractivity contribution in [1.29, 1.82) is 0 Å². The zero-order chi connectivity index (χ0) is 10.2. The zero-order valence-corrected chi connectivity index (χ0v) is 8.14. The van der Waals surface area contributed by atoms with Gasteiger partial charge in [0.25, 0.3) is 0 Å². The van der Waals surface area contributed by atoms with Crippen LogP contribution < -0.4 is 4.74 Å². The third kappa shape index (κ3) is 3.31. The second-order valence-electron chi connectivity index (χ2n) is 2.59. The molecule has 0 saturated heterocycles. The number of nitrogens with zero attached hydrogens (tertiary/aromatic N) is 1. The minimum atomic E-state index is 0.423. The fourth-order valence-corrected chi connectivity index (χ4v) is 0.884. The first-order valence-electron chi connectivity index (χ1n) is 4.27. The molecule has 0 fully saturated rings. The minimum Gasteiger partial charge on any atom is -0.497 e. The summed E-state index contributed by atoms with van der Waals surface area (Å²) in [7, 11) is 1.64. The molecule has 0 heterocycles. The summed E-state index contributed by atoms with van der Waals surface area (Å²) < 4.78 is 5.02. The van der Waals surface area contributed by atoms with E-state index in [-0.39, 0.29) is 0 Å². The predicted molar refractivity (Wildman–Crippen MR) is 56.7 cm³/mol. The van der Waals surface area contributed by atoms with Gasteiger partial charge in [0.05, 0.1) is 13.3 Å². The first kappa shape index (κ1) is 10.3. The van der Waals surface area contributed by atoms with Gasteiger partial charge >= 0.3 is 0 Å². The van der Waals surface area contributed by atoms with E-state index in [0.29, 0.717) is 6.61 Å². The van der Waals surface area contributed by atoms with Crippen LogP contribution in [0.4, 0.5) is 0 Å². The van der Waals surface area contributed by atoms with Gasteiger partial charge in [-0.15, -0.1) is 0 Å². The van der Waals surface area contributed by atoms with E-state index in [4.69, 9.17) is 9.57 Å². The van der Waals surface area contributed by atoms with Crippen molar-refractivity contribution in [3.8, 4) is 5.75 Å².